The highest BCUT2D eigenvalue weighted by atomic mass is 35.5. The zero-order valence-electron chi connectivity index (χ0n) is 6.01. The Labute approximate surface area is 73.0 Å². The normalized spacial score (nSPS) is 10.4. The summed E-state index contributed by atoms with van der Waals surface area (Å²) in [5, 5.41) is 3.84. The molecule has 6 heteroatoms. The van der Waals surface area contributed by atoms with Gasteiger partial charge < -0.3 is 4.42 Å². The van der Waals surface area contributed by atoms with Crippen LogP contribution in [0, 0.1) is 0 Å². The second-order valence-corrected chi connectivity index (χ2v) is 2.36. The zero-order valence-corrected chi connectivity index (χ0v) is 6.77. The lowest BCUT2D eigenvalue weighted by molar-refractivity contribution is 0.509. The minimum Gasteiger partial charge on any atom is -0.430 e. The predicted octanol–water partition coefficient (Wildman–Crippen LogP) is 0.994. The molecular weight excluding hydrogens is 180 g/mol. The third-order valence-electron chi connectivity index (χ3n) is 1.29. The van der Waals surface area contributed by atoms with E-state index in [2.05, 4.69) is 15.1 Å². The lowest BCUT2D eigenvalue weighted by Crippen LogP contribution is -1.94. The van der Waals surface area contributed by atoms with Crippen LogP contribution in [0.5, 0.6) is 0 Å². The van der Waals surface area contributed by atoms with Gasteiger partial charge in [0.15, 0.2) is 0 Å². The number of hydrogen-bond donors (Lipinski definition) is 0. The maximum absolute atomic E-state index is 5.53. The molecule has 0 N–H and O–H groups in total. The number of aromatic nitrogens is 4. The highest BCUT2D eigenvalue weighted by Crippen LogP contribution is 2.07. The summed E-state index contributed by atoms with van der Waals surface area (Å²) in [6.07, 6.45) is 4.40. The first kappa shape index (κ1) is 7.30. The van der Waals surface area contributed by atoms with Crippen LogP contribution in [0.3, 0.4) is 0 Å². The molecule has 0 amide bonds. The first-order valence-corrected chi connectivity index (χ1v) is 3.79. The van der Waals surface area contributed by atoms with Gasteiger partial charge in [0.05, 0.1) is 11.6 Å². The van der Waals surface area contributed by atoms with E-state index < -0.39 is 0 Å². The van der Waals surface area contributed by atoms with Crippen molar-refractivity contribution >= 4 is 11.6 Å². The van der Waals surface area contributed by atoms with Gasteiger partial charge in [-0.2, -0.15) is 14.8 Å². The number of hydrogen-bond acceptors (Lipinski definition) is 4. The van der Waals surface area contributed by atoms with Gasteiger partial charge in [-0.1, -0.05) is 0 Å². The summed E-state index contributed by atoms with van der Waals surface area (Å²) in [7, 11) is 0. The second kappa shape index (κ2) is 2.94. The third kappa shape index (κ3) is 1.18. The fraction of sp³-hybridized carbons (Fsp3) is 0.167. The number of nitrogens with zero attached hydrogens (tertiary/aromatic N) is 4. The molecule has 0 aromatic carbocycles. The summed E-state index contributed by atoms with van der Waals surface area (Å²) in [5.41, 5.74) is 0.683. The Bertz CT molecular complexity index is 355. The minimum absolute atomic E-state index is 0.332. The fourth-order valence-electron chi connectivity index (χ4n) is 0.770. The SMILES string of the molecule is ClCc1coc(-n2cncn2)n1. The molecule has 62 valence electrons. The van der Waals surface area contributed by atoms with Gasteiger partial charge in [0.2, 0.25) is 0 Å². The Balaban J connectivity index is 2.35. The molecule has 0 radical (unpaired) electrons. The van der Waals surface area contributed by atoms with Crippen molar-refractivity contribution in [3.8, 4) is 6.01 Å². The van der Waals surface area contributed by atoms with Crippen LogP contribution in [0.4, 0.5) is 0 Å². The standard InChI is InChI=1S/C6H5ClN4O/c7-1-5-2-12-6(10-5)11-4-8-3-9-11/h2-4H,1H2. The third-order valence-corrected chi connectivity index (χ3v) is 1.57. The summed E-state index contributed by atoms with van der Waals surface area (Å²) in [6.45, 7) is 0. The fourth-order valence-corrected chi connectivity index (χ4v) is 0.893. The smallest absolute Gasteiger partial charge is 0.324 e. The first-order chi connectivity index (χ1) is 5.90. The van der Waals surface area contributed by atoms with Gasteiger partial charge >= 0.3 is 6.01 Å². The van der Waals surface area contributed by atoms with Gasteiger partial charge in [-0.05, 0) is 0 Å². The van der Waals surface area contributed by atoms with Crippen molar-refractivity contribution < 1.29 is 4.42 Å². The van der Waals surface area contributed by atoms with E-state index in [1.54, 1.807) is 0 Å². The Morgan fingerprint density at radius 2 is 2.50 bits per heavy atom. The van der Waals surface area contributed by atoms with Crippen molar-refractivity contribution in [3.05, 3.63) is 24.6 Å². The molecule has 0 saturated heterocycles. The zero-order chi connectivity index (χ0) is 8.39. The van der Waals surface area contributed by atoms with Gasteiger partial charge in [0, 0.05) is 0 Å². The molecule has 0 unspecified atom stereocenters. The van der Waals surface area contributed by atoms with Crippen LogP contribution in [-0.4, -0.2) is 19.7 Å². The van der Waals surface area contributed by atoms with Crippen molar-refractivity contribution in [2.24, 2.45) is 0 Å². The van der Waals surface area contributed by atoms with Crippen LogP contribution >= 0.6 is 11.6 Å². The van der Waals surface area contributed by atoms with E-state index in [1.165, 1.54) is 23.6 Å². The monoisotopic (exact) mass is 184 g/mol. The molecule has 2 heterocycles. The van der Waals surface area contributed by atoms with Crippen LogP contribution in [0.2, 0.25) is 0 Å². The molecule has 2 aromatic heterocycles. The molecule has 12 heavy (non-hydrogen) atoms. The minimum atomic E-state index is 0.332. The van der Waals surface area contributed by atoms with Crippen LogP contribution in [0.25, 0.3) is 6.01 Å². The van der Waals surface area contributed by atoms with Crippen LogP contribution in [-0.2, 0) is 5.88 Å². The molecule has 0 bridgehead atoms. The summed E-state index contributed by atoms with van der Waals surface area (Å²) in [6, 6.07) is 0.378. The average molecular weight is 185 g/mol. The Kier molecular flexibility index (Phi) is 1.79. The number of rotatable bonds is 2. The molecule has 0 saturated carbocycles. The van der Waals surface area contributed by atoms with E-state index >= 15 is 0 Å². The molecule has 5 nitrogen and oxygen atoms in total. The van der Waals surface area contributed by atoms with Crippen molar-refractivity contribution in [2.45, 2.75) is 5.88 Å². The Morgan fingerprint density at radius 1 is 1.58 bits per heavy atom. The topological polar surface area (TPSA) is 56.7 Å². The summed E-state index contributed by atoms with van der Waals surface area (Å²) >= 11 is 5.53. The van der Waals surface area contributed by atoms with Crippen molar-refractivity contribution in [3.63, 3.8) is 0 Å². The van der Waals surface area contributed by atoms with E-state index in [0.717, 1.165) is 0 Å². The molecule has 0 spiro atoms. The second-order valence-electron chi connectivity index (χ2n) is 2.10. The van der Waals surface area contributed by atoms with E-state index in [9.17, 15) is 0 Å². The quantitative estimate of drug-likeness (QED) is 0.654. The van der Waals surface area contributed by atoms with Gasteiger partial charge in [-0.15, -0.1) is 11.6 Å². The highest BCUT2D eigenvalue weighted by molar-refractivity contribution is 6.16. The van der Waals surface area contributed by atoms with Crippen molar-refractivity contribution in [1.29, 1.82) is 0 Å². The highest BCUT2D eigenvalue weighted by Gasteiger charge is 2.04. The molecular formula is C6H5ClN4O. The van der Waals surface area contributed by atoms with Crippen molar-refractivity contribution in [1.82, 2.24) is 19.7 Å². The van der Waals surface area contributed by atoms with Crippen LogP contribution in [0.15, 0.2) is 23.3 Å². The number of oxazole rings is 1. The lowest BCUT2D eigenvalue weighted by Gasteiger charge is -1.87. The number of alkyl halides is 1. The Morgan fingerprint density at radius 3 is 3.08 bits per heavy atom. The van der Waals surface area contributed by atoms with Gasteiger partial charge in [0.1, 0.15) is 18.9 Å². The predicted molar refractivity (Wildman–Crippen MR) is 41.0 cm³/mol. The summed E-state index contributed by atoms with van der Waals surface area (Å²) in [5.74, 6) is 0.332. The molecule has 2 aromatic rings. The van der Waals surface area contributed by atoms with Crippen LogP contribution < -0.4 is 0 Å². The maximum atomic E-state index is 5.53. The van der Waals surface area contributed by atoms with E-state index in [4.69, 9.17) is 16.0 Å². The van der Waals surface area contributed by atoms with Crippen LogP contribution in [0.1, 0.15) is 5.69 Å². The molecule has 0 atom stereocenters. The van der Waals surface area contributed by atoms with E-state index in [-0.39, 0.29) is 0 Å². The van der Waals surface area contributed by atoms with Gasteiger partial charge in [0.25, 0.3) is 0 Å². The number of halogens is 1. The Hall–Kier alpha value is -1.36. The van der Waals surface area contributed by atoms with Gasteiger partial charge in [-0.3, -0.25) is 0 Å². The molecule has 0 fully saturated rings. The van der Waals surface area contributed by atoms with Gasteiger partial charge in [-0.25, -0.2) is 4.98 Å². The molecule has 2 rings (SSSR count). The summed E-state index contributed by atoms with van der Waals surface area (Å²) < 4.78 is 6.49. The van der Waals surface area contributed by atoms with Crippen molar-refractivity contribution in [2.75, 3.05) is 0 Å². The van der Waals surface area contributed by atoms with E-state index in [0.29, 0.717) is 17.6 Å². The largest absolute Gasteiger partial charge is 0.430 e. The lowest BCUT2D eigenvalue weighted by atomic mass is 10.6. The molecule has 0 aliphatic rings. The molecule has 0 aliphatic heterocycles. The molecule has 0 aliphatic carbocycles. The maximum Gasteiger partial charge on any atom is 0.324 e. The first-order valence-electron chi connectivity index (χ1n) is 3.25. The summed E-state index contributed by atoms with van der Waals surface area (Å²) in [4.78, 5) is 7.79. The van der Waals surface area contributed by atoms with E-state index in [1.807, 2.05) is 0 Å². The average Bonchev–Trinajstić information content (AvgIpc) is 2.75.